The number of hydrogen-bond donors (Lipinski definition) is 1. The summed E-state index contributed by atoms with van der Waals surface area (Å²) in [6.45, 7) is 6.84. The van der Waals surface area contributed by atoms with E-state index in [0.29, 0.717) is 6.04 Å². The Labute approximate surface area is 100 Å². The molecule has 2 rings (SSSR count). The molecule has 1 aromatic rings. The van der Waals surface area contributed by atoms with Crippen molar-refractivity contribution in [3.63, 3.8) is 0 Å². The van der Waals surface area contributed by atoms with Crippen LogP contribution in [0, 0.1) is 0 Å². The third-order valence-corrected chi connectivity index (χ3v) is 4.20. The Morgan fingerprint density at radius 3 is 3.06 bits per heavy atom. The molecule has 0 aliphatic carbocycles. The average molecular weight is 238 g/mol. The van der Waals surface area contributed by atoms with Crippen molar-refractivity contribution in [1.29, 1.82) is 0 Å². The monoisotopic (exact) mass is 238 g/mol. The lowest BCUT2D eigenvalue weighted by molar-refractivity contribution is 0.0661. The van der Waals surface area contributed by atoms with E-state index in [2.05, 4.69) is 25.2 Å². The molecule has 1 aliphatic rings. The summed E-state index contributed by atoms with van der Waals surface area (Å²) in [7, 11) is 0. The molecule has 88 valence electrons. The summed E-state index contributed by atoms with van der Waals surface area (Å²) in [5.41, 5.74) is 0. The van der Waals surface area contributed by atoms with E-state index in [1.807, 2.05) is 11.0 Å². The molecule has 0 saturated carbocycles. The number of rotatable bonds is 2. The first-order valence-corrected chi connectivity index (χ1v) is 6.64. The highest BCUT2D eigenvalue weighted by Crippen LogP contribution is 2.20. The van der Waals surface area contributed by atoms with E-state index < -0.39 is 0 Å². The van der Waals surface area contributed by atoms with E-state index in [9.17, 15) is 4.79 Å². The van der Waals surface area contributed by atoms with E-state index in [4.69, 9.17) is 0 Å². The van der Waals surface area contributed by atoms with Gasteiger partial charge in [0.1, 0.15) is 0 Å². The largest absolute Gasteiger partial charge is 0.333 e. The molecular formula is C12H18N2OS. The molecule has 1 fully saturated rings. The van der Waals surface area contributed by atoms with Crippen LogP contribution in [-0.4, -0.2) is 36.5 Å². The number of carbonyl (C=O) groups excluding carboxylic acids is 1. The van der Waals surface area contributed by atoms with Crippen molar-refractivity contribution in [1.82, 2.24) is 10.2 Å². The number of nitrogens with zero attached hydrogens (tertiary/aromatic N) is 1. The van der Waals surface area contributed by atoms with Crippen molar-refractivity contribution in [2.75, 3.05) is 19.6 Å². The van der Waals surface area contributed by atoms with Crippen LogP contribution in [0.1, 0.15) is 28.4 Å². The van der Waals surface area contributed by atoms with Crippen LogP contribution in [0.2, 0.25) is 0 Å². The maximum absolute atomic E-state index is 12.2. The highest BCUT2D eigenvalue weighted by molar-refractivity contribution is 7.14. The third-order valence-electron chi connectivity index (χ3n) is 2.98. The number of aryl methyl sites for hydroxylation is 1. The highest BCUT2D eigenvalue weighted by atomic mass is 32.1. The van der Waals surface area contributed by atoms with E-state index >= 15 is 0 Å². The Hall–Kier alpha value is -0.870. The predicted octanol–water partition coefficient (Wildman–Crippen LogP) is 1.74. The minimum Gasteiger partial charge on any atom is -0.333 e. The van der Waals surface area contributed by atoms with Crippen molar-refractivity contribution in [3.8, 4) is 0 Å². The van der Waals surface area contributed by atoms with Gasteiger partial charge in [0.25, 0.3) is 5.91 Å². The zero-order chi connectivity index (χ0) is 11.5. The molecule has 1 aliphatic heterocycles. The lowest BCUT2D eigenvalue weighted by Crippen LogP contribution is -2.52. The van der Waals surface area contributed by atoms with Gasteiger partial charge in [0.15, 0.2) is 0 Å². The van der Waals surface area contributed by atoms with Gasteiger partial charge in [-0.2, -0.15) is 0 Å². The van der Waals surface area contributed by atoms with Gasteiger partial charge in [-0.05, 0) is 25.5 Å². The first-order chi connectivity index (χ1) is 7.72. The normalized spacial score (nSPS) is 21.1. The first-order valence-electron chi connectivity index (χ1n) is 5.82. The Morgan fingerprint density at radius 1 is 1.62 bits per heavy atom. The van der Waals surface area contributed by atoms with E-state index in [0.717, 1.165) is 30.9 Å². The molecule has 1 N–H and O–H groups in total. The Balaban J connectivity index is 2.11. The molecule has 3 nitrogen and oxygen atoms in total. The van der Waals surface area contributed by atoms with E-state index in [1.54, 1.807) is 11.3 Å². The van der Waals surface area contributed by atoms with Crippen LogP contribution >= 0.6 is 11.3 Å². The molecule has 1 amide bonds. The SMILES string of the molecule is CCc1ccc(C(=O)N2CCNC[C@H]2C)s1. The summed E-state index contributed by atoms with van der Waals surface area (Å²) in [4.78, 5) is 16.4. The predicted molar refractivity (Wildman–Crippen MR) is 67.1 cm³/mol. The number of carbonyl (C=O) groups is 1. The summed E-state index contributed by atoms with van der Waals surface area (Å²) in [5, 5.41) is 3.30. The minimum atomic E-state index is 0.193. The lowest BCUT2D eigenvalue weighted by atomic mass is 10.2. The molecule has 0 unspecified atom stereocenters. The second-order valence-electron chi connectivity index (χ2n) is 4.17. The molecule has 1 atom stereocenters. The van der Waals surface area contributed by atoms with Crippen LogP contribution in [0.4, 0.5) is 0 Å². The standard InChI is InChI=1S/C12H18N2OS/c1-3-10-4-5-11(16-10)12(15)14-7-6-13-8-9(14)2/h4-5,9,13H,3,6-8H2,1-2H3/t9-/m1/s1. The van der Waals surface area contributed by atoms with Gasteiger partial charge in [-0.3, -0.25) is 4.79 Å². The average Bonchev–Trinajstić information content (AvgIpc) is 2.77. The van der Waals surface area contributed by atoms with Crippen molar-refractivity contribution in [2.45, 2.75) is 26.3 Å². The quantitative estimate of drug-likeness (QED) is 0.851. The zero-order valence-electron chi connectivity index (χ0n) is 9.82. The molecule has 0 aromatic carbocycles. The lowest BCUT2D eigenvalue weighted by Gasteiger charge is -2.33. The van der Waals surface area contributed by atoms with Crippen LogP contribution in [0.25, 0.3) is 0 Å². The van der Waals surface area contributed by atoms with Gasteiger partial charge in [-0.15, -0.1) is 11.3 Å². The van der Waals surface area contributed by atoms with Gasteiger partial charge in [-0.1, -0.05) is 6.92 Å². The molecule has 2 heterocycles. The smallest absolute Gasteiger partial charge is 0.264 e. The van der Waals surface area contributed by atoms with Crippen molar-refractivity contribution in [3.05, 3.63) is 21.9 Å². The van der Waals surface area contributed by atoms with Crippen molar-refractivity contribution >= 4 is 17.2 Å². The zero-order valence-corrected chi connectivity index (χ0v) is 10.6. The fourth-order valence-corrected chi connectivity index (χ4v) is 2.87. The highest BCUT2D eigenvalue weighted by Gasteiger charge is 2.24. The van der Waals surface area contributed by atoms with E-state index in [1.165, 1.54) is 4.88 Å². The topological polar surface area (TPSA) is 32.3 Å². The second kappa shape index (κ2) is 4.97. The van der Waals surface area contributed by atoms with Crippen molar-refractivity contribution < 1.29 is 4.79 Å². The molecular weight excluding hydrogens is 220 g/mol. The summed E-state index contributed by atoms with van der Waals surface area (Å²) in [6, 6.07) is 4.32. The minimum absolute atomic E-state index is 0.193. The first kappa shape index (κ1) is 11.6. The molecule has 1 aromatic heterocycles. The van der Waals surface area contributed by atoms with Gasteiger partial charge in [0, 0.05) is 30.6 Å². The molecule has 16 heavy (non-hydrogen) atoms. The van der Waals surface area contributed by atoms with Crippen LogP contribution in [-0.2, 0) is 6.42 Å². The third kappa shape index (κ3) is 2.28. The number of piperazine rings is 1. The fraction of sp³-hybridized carbons (Fsp3) is 0.583. The Kier molecular flexibility index (Phi) is 3.61. The molecule has 0 spiro atoms. The van der Waals surface area contributed by atoms with Crippen molar-refractivity contribution in [2.24, 2.45) is 0 Å². The molecule has 1 saturated heterocycles. The summed E-state index contributed by atoms with van der Waals surface area (Å²) in [5.74, 6) is 0.193. The summed E-state index contributed by atoms with van der Waals surface area (Å²) in [6.07, 6.45) is 1.01. The van der Waals surface area contributed by atoms with Gasteiger partial charge >= 0.3 is 0 Å². The number of hydrogen-bond acceptors (Lipinski definition) is 3. The molecule has 0 bridgehead atoms. The molecule has 4 heteroatoms. The van der Waals surface area contributed by atoms with Gasteiger partial charge in [0.2, 0.25) is 0 Å². The maximum Gasteiger partial charge on any atom is 0.264 e. The molecule has 0 radical (unpaired) electrons. The van der Waals surface area contributed by atoms with Crippen LogP contribution in [0.5, 0.6) is 0 Å². The van der Waals surface area contributed by atoms with Gasteiger partial charge in [0.05, 0.1) is 4.88 Å². The number of nitrogens with one attached hydrogen (secondary N) is 1. The summed E-state index contributed by atoms with van der Waals surface area (Å²) < 4.78 is 0. The van der Waals surface area contributed by atoms with Gasteiger partial charge < -0.3 is 10.2 Å². The van der Waals surface area contributed by atoms with Crippen LogP contribution < -0.4 is 5.32 Å². The fourth-order valence-electron chi connectivity index (χ4n) is 1.97. The van der Waals surface area contributed by atoms with Crippen LogP contribution in [0.15, 0.2) is 12.1 Å². The van der Waals surface area contributed by atoms with Gasteiger partial charge in [-0.25, -0.2) is 0 Å². The summed E-state index contributed by atoms with van der Waals surface area (Å²) >= 11 is 1.63. The Morgan fingerprint density at radius 2 is 2.44 bits per heavy atom. The number of amides is 1. The Bertz CT molecular complexity index is 375. The maximum atomic E-state index is 12.2. The van der Waals surface area contributed by atoms with Crippen LogP contribution in [0.3, 0.4) is 0 Å². The number of thiophene rings is 1. The second-order valence-corrected chi connectivity index (χ2v) is 5.34. The van der Waals surface area contributed by atoms with E-state index in [-0.39, 0.29) is 5.91 Å².